The fraction of sp³-hybridized carbons (Fsp3) is 0.0769. The predicted octanol–water partition coefficient (Wildman–Crippen LogP) is 3.18. The highest BCUT2D eigenvalue weighted by atomic mass is 35.5. The van der Waals surface area contributed by atoms with E-state index in [9.17, 15) is 14.9 Å². The third-order valence-corrected chi connectivity index (χ3v) is 2.67. The normalized spacial score (nSPS) is 10.1. The van der Waals surface area contributed by atoms with E-state index in [1.54, 1.807) is 6.07 Å². The summed E-state index contributed by atoms with van der Waals surface area (Å²) in [4.78, 5) is 24.7. The van der Waals surface area contributed by atoms with Crippen LogP contribution in [0.25, 0.3) is 0 Å². The molecule has 1 aromatic carbocycles. The molecule has 0 unspecified atom stereocenters. The zero-order valence-corrected chi connectivity index (χ0v) is 10.9. The van der Waals surface area contributed by atoms with E-state index in [1.807, 2.05) is 0 Å². The smallest absolute Gasteiger partial charge is 0.269 e. The van der Waals surface area contributed by atoms with Gasteiger partial charge >= 0.3 is 0 Å². The van der Waals surface area contributed by atoms with Gasteiger partial charge in [-0.2, -0.15) is 0 Å². The fourth-order valence-corrected chi connectivity index (χ4v) is 1.77. The Morgan fingerprint density at radius 1 is 1.35 bits per heavy atom. The number of hydrogen-bond acceptors (Lipinski definition) is 5. The molecule has 0 saturated heterocycles. The number of nitrogens with zero attached hydrogens (tertiary/aromatic N) is 2. The number of aldehydes is 1. The van der Waals surface area contributed by atoms with E-state index in [1.165, 1.54) is 30.6 Å². The van der Waals surface area contributed by atoms with Crippen molar-refractivity contribution in [3.05, 3.63) is 57.4 Å². The molecule has 0 amide bonds. The molecule has 20 heavy (non-hydrogen) atoms. The standard InChI is InChI=1S/C13H9ClN2O4/c14-10-6-12(8-15-7-10)20-13-2-1-11(16(18)19)5-9(13)3-4-17/h1-2,4-8H,3H2. The van der Waals surface area contributed by atoms with Crippen LogP contribution in [-0.2, 0) is 11.2 Å². The van der Waals surface area contributed by atoms with Gasteiger partial charge in [0.05, 0.1) is 16.1 Å². The molecule has 7 heteroatoms. The topological polar surface area (TPSA) is 82.3 Å². The molecule has 1 heterocycles. The van der Waals surface area contributed by atoms with Gasteiger partial charge in [-0.05, 0) is 6.07 Å². The van der Waals surface area contributed by atoms with E-state index in [-0.39, 0.29) is 12.1 Å². The lowest BCUT2D eigenvalue weighted by Crippen LogP contribution is -1.96. The number of halogens is 1. The molecule has 0 radical (unpaired) electrons. The fourth-order valence-electron chi connectivity index (χ4n) is 1.60. The second-order valence-electron chi connectivity index (χ2n) is 3.86. The molecular weight excluding hydrogens is 284 g/mol. The van der Waals surface area contributed by atoms with Crippen LogP contribution in [0.2, 0.25) is 5.02 Å². The maximum absolute atomic E-state index is 10.7. The van der Waals surface area contributed by atoms with Gasteiger partial charge in [0.25, 0.3) is 5.69 Å². The van der Waals surface area contributed by atoms with Crippen molar-refractivity contribution >= 4 is 23.6 Å². The van der Waals surface area contributed by atoms with Crippen molar-refractivity contribution in [2.24, 2.45) is 0 Å². The molecule has 0 N–H and O–H groups in total. The van der Waals surface area contributed by atoms with Gasteiger partial charge in [-0.1, -0.05) is 11.6 Å². The van der Waals surface area contributed by atoms with Crippen molar-refractivity contribution in [1.29, 1.82) is 0 Å². The average Bonchev–Trinajstić information content (AvgIpc) is 2.41. The van der Waals surface area contributed by atoms with Gasteiger partial charge in [-0.3, -0.25) is 15.1 Å². The second-order valence-corrected chi connectivity index (χ2v) is 4.30. The summed E-state index contributed by atoms with van der Waals surface area (Å²) >= 11 is 5.79. The number of carbonyl (C=O) groups is 1. The molecule has 6 nitrogen and oxygen atoms in total. The van der Waals surface area contributed by atoms with Crippen LogP contribution in [0.3, 0.4) is 0 Å². The molecule has 102 valence electrons. The number of nitro benzene ring substituents is 1. The molecule has 0 spiro atoms. The van der Waals surface area contributed by atoms with Crippen LogP contribution in [0.15, 0.2) is 36.7 Å². The Morgan fingerprint density at radius 2 is 2.15 bits per heavy atom. The molecule has 0 atom stereocenters. The van der Waals surface area contributed by atoms with E-state index in [4.69, 9.17) is 16.3 Å². The summed E-state index contributed by atoms with van der Waals surface area (Å²) in [6, 6.07) is 5.61. The van der Waals surface area contributed by atoms with Crippen molar-refractivity contribution < 1.29 is 14.5 Å². The molecule has 0 fully saturated rings. The lowest BCUT2D eigenvalue weighted by atomic mass is 10.1. The quantitative estimate of drug-likeness (QED) is 0.480. The molecule has 0 aliphatic carbocycles. The van der Waals surface area contributed by atoms with Gasteiger partial charge in [-0.15, -0.1) is 0 Å². The van der Waals surface area contributed by atoms with Gasteiger partial charge in [0.1, 0.15) is 17.8 Å². The zero-order chi connectivity index (χ0) is 14.5. The van der Waals surface area contributed by atoms with Gasteiger partial charge in [-0.25, -0.2) is 0 Å². The monoisotopic (exact) mass is 292 g/mol. The van der Waals surface area contributed by atoms with Crippen molar-refractivity contribution in [3.8, 4) is 11.5 Å². The number of rotatable bonds is 5. The lowest BCUT2D eigenvalue weighted by Gasteiger charge is -2.09. The number of aromatic nitrogens is 1. The van der Waals surface area contributed by atoms with Crippen LogP contribution in [0.4, 0.5) is 5.69 Å². The Bertz CT molecular complexity index is 661. The highest BCUT2D eigenvalue weighted by Crippen LogP contribution is 2.29. The minimum Gasteiger partial charge on any atom is -0.455 e. The van der Waals surface area contributed by atoms with E-state index >= 15 is 0 Å². The Labute approximate surface area is 119 Å². The van der Waals surface area contributed by atoms with E-state index in [0.29, 0.717) is 28.4 Å². The summed E-state index contributed by atoms with van der Waals surface area (Å²) in [7, 11) is 0. The summed E-state index contributed by atoms with van der Waals surface area (Å²) in [6.45, 7) is 0. The highest BCUT2D eigenvalue weighted by molar-refractivity contribution is 6.30. The largest absolute Gasteiger partial charge is 0.455 e. The van der Waals surface area contributed by atoms with Crippen molar-refractivity contribution in [1.82, 2.24) is 4.98 Å². The Kier molecular flexibility index (Phi) is 4.27. The zero-order valence-electron chi connectivity index (χ0n) is 10.2. The van der Waals surface area contributed by atoms with Crippen molar-refractivity contribution in [2.45, 2.75) is 6.42 Å². The van der Waals surface area contributed by atoms with Crippen LogP contribution in [0, 0.1) is 10.1 Å². The predicted molar refractivity (Wildman–Crippen MR) is 72.2 cm³/mol. The van der Waals surface area contributed by atoms with Crippen LogP contribution in [0.1, 0.15) is 5.56 Å². The third kappa shape index (κ3) is 3.30. The molecule has 2 rings (SSSR count). The van der Waals surface area contributed by atoms with Crippen LogP contribution in [-0.4, -0.2) is 16.2 Å². The number of hydrogen-bond donors (Lipinski definition) is 0. The number of non-ortho nitro benzene ring substituents is 1. The summed E-state index contributed by atoms with van der Waals surface area (Å²) < 4.78 is 5.55. The molecule has 1 aromatic heterocycles. The first-order chi connectivity index (χ1) is 9.60. The first kappa shape index (κ1) is 14.0. The van der Waals surface area contributed by atoms with Crippen LogP contribution >= 0.6 is 11.6 Å². The SMILES string of the molecule is O=CCc1cc([N+](=O)[O-])ccc1Oc1cncc(Cl)c1. The minimum atomic E-state index is -0.529. The number of carbonyl (C=O) groups excluding carboxylic acids is 1. The van der Waals surface area contributed by atoms with Crippen LogP contribution < -0.4 is 4.74 Å². The van der Waals surface area contributed by atoms with Gasteiger partial charge in [0, 0.05) is 36.4 Å². The van der Waals surface area contributed by atoms with Crippen LogP contribution in [0.5, 0.6) is 11.5 Å². The number of ether oxygens (including phenoxy) is 1. The van der Waals surface area contributed by atoms with Crippen molar-refractivity contribution in [3.63, 3.8) is 0 Å². The number of benzene rings is 1. The third-order valence-electron chi connectivity index (χ3n) is 2.47. The number of pyridine rings is 1. The first-order valence-corrected chi connectivity index (χ1v) is 5.97. The minimum absolute atomic E-state index is 0.0189. The summed E-state index contributed by atoms with van der Waals surface area (Å²) in [6.07, 6.45) is 3.59. The maximum atomic E-state index is 10.7. The first-order valence-electron chi connectivity index (χ1n) is 5.59. The summed E-state index contributed by atoms with van der Waals surface area (Å²) in [5, 5.41) is 11.1. The Morgan fingerprint density at radius 3 is 2.80 bits per heavy atom. The second kappa shape index (κ2) is 6.12. The molecule has 0 saturated carbocycles. The Balaban J connectivity index is 2.35. The van der Waals surface area contributed by atoms with E-state index in [0.717, 1.165) is 0 Å². The van der Waals surface area contributed by atoms with Gasteiger partial charge in [0.2, 0.25) is 0 Å². The lowest BCUT2D eigenvalue weighted by molar-refractivity contribution is -0.384. The molecular formula is C13H9ClN2O4. The molecule has 0 aliphatic rings. The van der Waals surface area contributed by atoms with E-state index in [2.05, 4.69) is 4.98 Å². The van der Waals surface area contributed by atoms with Gasteiger partial charge in [0.15, 0.2) is 0 Å². The highest BCUT2D eigenvalue weighted by Gasteiger charge is 2.12. The summed E-state index contributed by atoms with van der Waals surface area (Å²) in [5.74, 6) is 0.741. The summed E-state index contributed by atoms with van der Waals surface area (Å²) in [5.41, 5.74) is 0.326. The molecule has 0 aliphatic heterocycles. The van der Waals surface area contributed by atoms with Gasteiger partial charge < -0.3 is 9.53 Å². The van der Waals surface area contributed by atoms with E-state index < -0.39 is 4.92 Å². The molecule has 0 bridgehead atoms. The number of nitro groups is 1. The molecule has 2 aromatic rings. The maximum Gasteiger partial charge on any atom is 0.269 e. The van der Waals surface area contributed by atoms with Crippen molar-refractivity contribution in [2.75, 3.05) is 0 Å². The average molecular weight is 293 g/mol. The Hall–Kier alpha value is -2.47.